The van der Waals surface area contributed by atoms with Gasteiger partial charge in [-0.3, -0.25) is 10.1 Å². The number of aliphatic hydroxyl groups excluding tert-OH is 1. The average Bonchev–Trinajstić information content (AvgIpc) is 2.60. The van der Waals surface area contributed by atoms with Crippen LogP contribution in [0.1, 0.15) is 38.7 Å². The molecule has 134 valence electrons. The number of hydrogen-bond donors (Lipinski definition) is 2. The van der Waals surface area contributed by atoms with Gasteiger partial charge in [-0.25, -0.2) is 4.79 Å². The van der Waals surface area contributed by atoms with Gasteiger partial charge < -0.3 is 15.2 Å². The Morgan fingerprint density at radius 1 is 1.40 bits per heavy atom. The molecule has 0 spiro atoms. The third-order valence-electron chi connectivity index (χ3n) is 4.22. The third kappa shape index (κ3) is 3.71. The fourth-order valence-electron chi connectivity index (χ4n) is 3.16. The zero-order chi connectivity index (χ0) is 18.6. The van der Waals surface area contributed by atoms with Crippen molar-refractivity contribution in [2.75, 3.05) is 13.2 Å². The van der Waals surface area contributed by atoms with E-state index in [2.05, 4.69) is 5.32 Å². The van der Waals surface area contributed by atoms with Crippen LogP contribution in [0.3, 0.4) is 0 Å². The van der Waals surface area contributed by atoms with E-state index in [1.807, 2.05) is 6.92 Å². The van der Waals surface area contributed by atoms with Crippen LogP contribution in [0.25, 0.3) is 0 Å². The molecule has 0 saturated heterocycles. The van der Waals surface area contributed by atoms with Crippen molar-refractivity contribution < 1.29 is 19.6 Å². The monoisotopic (exact) mass is 346 g/mol. The van der Waals surface area contributed by atoms with Gasteiger partial charge in [-0.05, 0) is 31.4 Å². The first kappa shape index (κ1) is 18.7. The van der Waals surface area contributed by atoms with E-state index in [9.17, 15) is 20.0 Å². The molecule has 1 aromatic carbocycles. The van der Waals surface area contributed by atoms with Crippen LogP contribution < -0.4 is 5.32 Å². The van der Waals surface area contributed by atoms with E-state index in [4.69, 9.17) is 4.74 Å². The minimum absolute atomic E-state index is 0.0436. The molecule has 0 radical (unpaired) electrons. The quantitative estimate of drug-likeness (QED) is 0.466. The van der Waals surface area contributed by atoms with Gasteiger partial charge in [0.25, 0.3) is 5.69 Å². The lowest BCUT2D eigenvalue weighted by molar-refractivity contribution is -0.384. The van der Waals surface area contributed by atoms with E-state index in [0.717, 1.165) is 5.57 Å². The highest BCUT2D eigenvalue weighted by molar-refractivity contribution is 5.92. The molecule has 0 saturated carbocycles. The summed E-state index contributed by atoms with van der Waals surface area (Å²) in [5.41, 5.74) is 3.01. The first-order valence-electron chi connectivity index (χ1n) is 8.16. The summed E-state index contributed by atoms with van der Waals surface area (Å²) in [6.07, 6.45) is 0.576. The molecule has 1 atom stereocenters. The average molecular weight is 346 g/mol. The smallest absolute Gasteiger partial charge is 0.336 e. The maximum atomic E-state index is 12.5. The molecule has 1 aromatic rings. The van der Waals surface area contributed by atoms with E-state index < -0.39 is 16.8 Å². The zero-order valence-electron chi connectivity index (χ0n) is 14.5. The maximum absolute atomic E-state index is 12.5. The Labute approximate surface area is 146 Å². The molecule has 1 unspecified atom stereocenters. The molecule has 2 rings (SSSR count). The van der Waals surface area contributed by atoms with Crippen LogP contribution in [0.4, 0.5) is 5.69 Å². The number of allylic oxidation sites excluding steroid dienone is 2. The Balaban J connectivity index is 2.65. The van der Waals surface area contributed by atoms with E-state index in [-0.39, 0.29) is 18.9 Å². The SMILES string of the molecule is CCOC(=O)C1=C(C)NC(CO)=C(CC)C1c1cccc([N+](=O)[O-])c1. The van der Waals surface area contributed by atoms with Crippen molar-refractivity contribution in [3.05, 3.63) is 62.5 Å². The van der Waals surface area contributed by atoms with Crippen LogP contribution in [0.15, 0.2) is 46.8 Å². The zero-order valence-corrected chi connectivity index (χ0v) is 14.5. The second-order valence-electron chi connectivity index (χ2n) is 5.68. The number of non-ortho nitro benzene ring substituents is 1. The molecule has 0 fully saturated rings. The van der Waals surface area contributed by atoms with Crippen LogP contribution >= 0.6 is 0 Å². The van der Waals surface area contributed by atoms with E-state index in [1.54, 1.807) is 26.0 Å². The van der Waals surface area contributed by atoms with Crippen molar-refractivity contribution >= 4 is 11.7 Å². The summed E-state index contributed by atoms with van der Waals surface area (Å²) in [6, 6.07) is 6.22. The van der Waals surface area contributed by atoms with Gasteiger partial charge in [0.05, 0.1) is 23.7 Å². The summed E-state index contributed by atoms with van der Waals surface area (Å²) in [6.45, 7) is 5.40. The molecule has 7 heteroatoms. The summed E-state index contributed by atoms with van der Waals surface area (Å²) < 4.78 is 5.19. The first-order chi connectivity index (χ1) is 11.9. The molecule has 1 aliphatic heterocycles. The number of nitro groups is 1. The highest BCUT2D eigenvalue weighted by Gasteiger charge is 2.34. The molecule has 7 nitrogen and oxygen atoms in total. The molecule has 0 aromatic heterocycles. The fourth-order valence-corrected chi connectivity index (χ4v) is 3.16. The van der Waals surface area contributed by atoms with Crippen molar-refractivity contribution in [1.29, 1.82) is 0 Å². The Kier molecular flexibility index (Phi) is 5.93. The number of ether oxygens (including phenoxy) is 1. The molecule has 0 amide bonds. The van der Waals surface area contributed by atoms with Gasteiger partial charge in [-0.1, -0.05) is 19.1 Å². The molecule has 1 aliphatic rings. The van der Waals surface area contributed by atoms with Gasteiger partial charge >= 0.3 is 5.97 Å². The first-order valence-corrected chi connectivity index (χ1v) is 8.16. The van der Waals surface area contributed by atoms with Crippen LogP contribution in [0.5, 0.6) is 0 Å². The fraction of sp³-hybridized carbons (Fsp3) is 0.389. The van der Waals surface area contributed by atoms with E-state index >= 15 is 0 Å². The lowest BCUT2D eigenvalue weighted by Gasteiger charge is -2.31. The van der Waals surface area contributed by atoms with Gasteiger partial charge in [0.1, 0.15) is 0 Å². The number of nitrogens with zero attached hydrogens (tertiary/aromatic N) is 1. The van der Waals surface area contributed by atoms with Crippen LogP contribution in [-0.4, -0.2) is 29.2 Å². The number of benzene rings is 1. The molecule has 0 bridgehead atoms. The summed E-state index contributed by atoms with van der Waals surface area (Å²) in [4.78, 5) is 23.2. The minimum atomic E-state index is -0.493. The number of carbonyl (C=O) groups excluding carboxylic acids is 1. The number of hydrogen-bond acceptors (Lipinski definition) is 6. The summed E-state index contributed by atoms with van der Waals surface area (Å²) >= 11 is 0. The number of dihydropyridines is 1. The van der Waals surface area contributed by atoms with E-state index in [0.29, 0.717) is 29.0 Å². The number of esters is 1. The predicted molar refractivity (Wildman–Crippen MR) is 92.7 cm³/mol. The standard InChI is InChI=1S/C18H22N2O5/c1-4-14-15(10-21)19-11(3)16(18(22)25-5-2)17(14)12-7-6-8-13(9-12)20(23)24/h6-9,17,19,21H,4-5,10H2,1-3H3. The molecule has 1 heterocycles. The number of carbonyl (C=O) groups is 1. The predicted octanol–water partition coefficient (Wildman–Crippen LogP) is 2.78. The summed E-state index contributed by atoms with van der Waals surface area (Å²) in [5, 5.41) is 23.9. The normalized spacial score (nSPS) is 17.4. The largest absolute Gasteiger partial charge is 0.463 e. The Morgan fingerprint density at radius 2 is 2.12 bits per heavy atom. The van der Waals surface area contributed by atoms with Gasteiger partial charge in [0, 0.05) is 29.4 Å². The topological polar surface area (TPSA) is 102 Å². The molecule has 2 N–H and O–H groups in total. The number of aliphatic hydroxyl groups is 1. The van der Waals surface area contributed by atoms with E-state index in [1.165, 1.54) is 12.1 Å². The highest BCUT2D eigenvalue weighted by Crippen LogP contribution is 2.40. The molecule has 25 heavy (non-hydrogen) atoms. The third-order valence-corrected chi connectivity index (χ3v) is 4.22. The van der Waals surface area contributed by atoms with Gasteiger partial charge in [-0.15, -0.1) is 0 Å². The second-order valence-corrected chi connectivity index (χ2v) is 5.68. The number of rotatable bonds is 6. The van der Waals surface area contributed by atoms with Gasteiger partial charge in [-0.2, -0.15) is 0 Å². The van der Waals surface area contributed by atoms with Crippen LogP contribution in [-0.2, 0) is 9.53 Å². The Hall–Kier alpha value is -2.67. The molecular weight excluding hydrogens is 324 g/mol. The lowest BCUT2D eigenvalue weighted by Crippen LogP contribution is -2.31. The minimum Gasteiger partial charge on any atom is -0.463 e. The maximum Gasteiger partial charge on any atom is 0.336 e. The van der Waals surface area contributed by atoms with Crippen molar-refractivity contribution in [3.8, 4) is 0 Å². The van der Waals surface area contributed by atoms with Gasteiger partial charge in [0.15, 0.2) is 0 Å². The second kappa shape index (κ2) is 7.94. The van der Waals surface area contributed by atoms with Gasteiger partial charge in [0.2, 0.25) is 0 Å². The Morgan fingerprint density at radius 3 is 2.68 bits per heavy atom. The van der Waals surface area contributed by atoms with Crippen LogP contribution in [0, 0.1) is 10.1 Å². The molecule has 0 aliphatic carbocycles. The molecular formula is C18H22N2O5. The van der Waals surface area contributed by atoms with Crippen molar-refractivity contribution in [3.63, 3.8) is 0 Å². The van der Waals surface area contributed by atoms with Crippen LogP contribution in [0.2, 0.25) is 0 Å². The van der Waals surface area contributed by atoms with Crippen molar-refractivity contribution in [2.45, 2.75) is 33.1 Å². The van der Waals surface area contributed by atoms with Crippen molar-refractivity contribution in [2.24, 2.45) is 0 Å². The summed E-state index contributed by atoms with van der Waals surface area (Å²) in [7, 11) is 0. The highest BCUT2D eigenvalue weighted by atomic mass is 16.6. The summed E-state index contributed by atoms with van der Waals surface area (Å²) in [5.74, 6) is -0.959. The Bertz CT molecular complexity index is 752. The number of nitrogens with one attached hydrogen (secondary N) is 1. The number of nitro benzene ring substituents is 1. The van der Waals surface area contributed by atoms with Crippen molar-refractivity contribution in [1.82, 2.24) is 5.32 Å². The lowest BCUT2D eigenvalue weighted by atomic mass is 9.79.